The summed E-state index contributed by atoms with van der Waals surface area (Å²) >= 11 is 1.74. The molecular formula is C22H22N4OS. The minimum absolute atomic E-state index is 0.0498. The van der Waals surface area contributed by atoms with Crippen LogP contribution in [0.5, 0.6) is 0 Å². The van der Waals surface area contributed by atoms with Crippen LogP contribution in [0.1, 0.15) is 22.7 Å². The molecule has 5 nitrogen and oxygen atoms in total. The number of aromatic nitrogens is 3. The Kier molecular flexibility index (Phi) is 5.48. The third kappa shape index (κ3) is 3.97. The fourth-order valence-corrected chi connectivity index (χ4v) is 4.18. The molecule has 4 rings (SSSR count). The molecule has 3 heterocycles. The number of rotatable bonds is 7. The zero-order chi connectivity index (χ0) is 19.3. The fraction of sp³-hybridized carbons (Fsp3) is 0.227. The number of pyridine rings is 1. The second kappa shape index (κ2) is 8.35. The quantitative estimate of drug-likeness (QED) is 0.517. The number of carbonyl (C=O) groups is 1. The molecule has 142 valence electrons. The maximum Gasteiger partial charge on any atom is 0.220 e. The summed E-state index contributed by atoms with van der Waals surface area (Å²) in [6.45, 7) is 2.77. The van der Waals surface area contributed by atoms with Gasteiger partial charge in [-0.2, -0.15) is 0 Å². The zero-order valence-corrected chi connectivity index (χ0v) is 16.6. The predicted octanol–water partition coefficient (Wildman–Crippen LogP) is 4.08. The smallest absolute Gasteiger partial charge is 0.220 e. The maximum atomic E-state index is 12.3. The summed E-state index contributed by atoms with van der Waals surface area (Å²) in [4.78, 5) is 22.9. The van der Waals surface area contributed by atoms with Gasteiger partial charge in [-0.1, -0.05) is 18.2 Å². The van der Waals surface area contributed by atoms with Gasteiger partial charge in [0.25, 0.3) is 0 Å². The number of thiophene rings is 1. The number of nitrogens with one attached hydrogen (secondary N) is 1. The van der Waals surface area contributed by atoms with Crippen LogP contribution in [-0.4, -0.2) is 27.0 Å². The number of para-hydroxylation sites is 1. The van der Waals surface area contributed by atoms with Crippen molar-refractivity contribution in [3.05, 3.63) is 76.4 Å². The lowest BCUT2D eigenvalue weighted by Crippen LogP contribution is -2.26. The van der Waals surface area contributed by atoms with Crippen LogP contribution in [0.2, 0.25) is 0 Å². The molecule has 0 fully saturated rings. The standard InChI is InChI=1S/C22H22N4OS/c1-16-12-15-28-19(16)11-14-23-21(27)10-9-20-25-18-8-5-13-24-22(18)26(20)17-6-3-2-4-7-17/h2-8,12-13,15H,9-11,14H2,1H3,(H,23,27). The number of carbonyl (C=O) groups excluding carboxylic acids is 1. The van der Waals surface area contributed by atoms with Gasteiger partial charge < -0.3 is 5.32 Å². The van der Waals surface area contributed by atoms with Gasteiger partial charge in [-0.3, -0.25) is 9.36 Å². The number of hydrogen-bond donors (Lipinski definition) is 1. The summed E-state index contributed by atoms with van der Waals surface area (Å²) in [5.74, 6) is 0.901. The Morgan fingerprint density at radius 1 is 1.11 bits per heavy atom. The maximum absolute atomic E-state index is 12.3. The second-order valence-electron chi connectivity index (χ2n) is 6.67. The summed E-state index contributed by atoms with van der Waals surface area (Å²) in [5, 5.41) is 5.12. The van der Waals surface area contributed by atoms with Crippen LogP contribution in [0.3, 0.4) is 0 Å². The zero-order valence-electron chi connectivity index (χ0n) is 15.8. The van der Waals surface area contributed by atoms with Crippen LogP contribution in [0.25, 0.3) is 16.9 Å². The van der Waals surface area contributed by atoms with E-state index in [1.54, 1.807) is 17.5 Å². The van der Waals surface area contributed by atoms with Crippen molar-refractivity contribution in [2.24, 2.45) is 0 Å². The summed E-state index contributed by atoms with van der Waals surface area (Å²) in [6.07, 6.45) is 3.61. The highest BCUT2D eigenvalue weighted by atomic mass is 32.1. The average molecular weight is 391 g/mol. The van der Waals surface area contributed by atoms with Gasteiger partial charge in [0.2, 0.25) is 5.91 Å². The van der Waals surface area contributed by atoms with Gasteiger partial charge >= 0.3 is 0 Å². The Balaban J connectivity index is 1.44. The van der Waals surface area contributed by atoms with Crippen molar-refractivity contribution < 1.29 is 4.79 Å². The molecule has 1 N–H and O–H groups in total. The van der Waals surface area contributed by atoms with Crippen LogP contribution in [0.4, 0.5) is 0 Å². The number of aryl methyl sites for hydroxylation is 2. The first kappa shape index (κ1) is 18.4. The molecule has 0 saturated carbocycles. The van der Waals surface area contributed by atoms with E-state index in [0.717, 1.165) is 29.1 Å². The van der Waals surface area contributed by atoms with Crippen molar-refractivity contribution in [3.8, 4) is 5.69 Å². The van der Waals surface area contributed by atoms with Gasteiger partial charge in [0.05, 0.1) is 0 Å². The van der Waals surface area contributed by atoms with Gasteiger partial charge in [-0.15, -0.1) is 11.3 Å². The van der Waals surface area contributed by atoms with Gasteiger partial charge in [-0.25, -0.2) is 9.97 Å². The summed E-state index contributed by atoms with van der Waals surface area (Å²) < 4.78 is 2.04. The highest BCUT2D eigenvalue weighted by Gasteiger charge is 2.14. The highest BCUT2D eigenvalue weighted by Crippen LogP contribution is 2.20. The monoisotopic (exact) mass is 390 g/mol. The van der Waals surface area contributed by atoms with Crippen LogP contribution >= 0.6 is 11.3 Å². The molecule has 28 heavy (non-hydrogen) atoms. The van der Waals surface area contributed by atoms with E-state index in [2.05, 4.69) is 28.7 Å². The highest BCUT2D eigenvalue weighted by molar-refractivity contribution is 7.10. The molecule has 1 aromatic carbocycles. The number of hydrogen-bond acceptors (Lipinski definition) is 4. The Hall–Kier alpha value is -2.99. The molecule has 0 aliphatic heterocycles. The molecule has 6 heteroatoms. The van der Waals surface area contributed by atoms with E-state index in [9.17, 15) is 4.79 Å². The molecule has 3 aromatic heterocycles. The van der Waals surface area contributed by atoms with E-state index in [0.29, 0.717) is 19.4 Å². The van der Waals surface area contributed by atoms with Gasteiger partial charge in [-0.05, 0) is 54.6 Å². The third-order valence-corrected chi connectivity index (χ3v) is 5.80. The summed E-state index contributed by atoms with van der Waals surface area (Å²) in [5.41, 5.74) is 3.96. The lowest BCUT2D eigenvalue weighted by Gasteiger charge is -2.09. The molecule has 0 aliphatic rings. The van der Waals surface area contributed by atoms with Crippen LogP contribution < -0.4 is 5.32 Å². The third-order valence-electron chi connectivity index (χ3n) is 4.72. The first-order valence-corrected chi connectivity index (χ1v) is 10.3. The molecule has 1 amide bonds. The van der Waals surface area contributed by atoms with Gasteiger partial charge in [0, 0.05) is 36.1 Å². The van der Waals surface area contributed by atoms with Crippen LogP contribution in [-0.2, 0) is 17.6 Å². The SMILES string of the molecule is Cc1ccsc1CCNC(=O)CCc1nc2cccnc2n1-c1ccccc1. The van der Waals surface area contributed by atoms with Crippen molar-refractivity contribution in [2.45, 2.75) is 26.2 Å². The minimum atomic E-state index is 0.0498. The number of nitrogens with zero attached hydrogens (tertiary/aromatic N) is 3. The first-order valence-electron chi connectivity index (χ1n) is 9.40. The largest absolute Gasteiger partial charge is 0.356 e. The van der Waals surface area contributed by atoms with Crippen molar-refractivity contribution in [3.63, 3.8) is 0 Å². The average Bonchev–Trinajstić information content (AvgIpc) is 3.30. The Morgan fingerprint density at radius 2 is 1.96 bits per heavy atom. The van der Waals surface area contributed by atoms with E-state index in [1.165, 1.54) is 10.4 Å². The topological polar surface area (TPSA) is 59.8 Å². The molecule has 0 spiro atoms. The van der Waals surface area contributed by atoms with Crippen molar-refractivity contribution in [2.75, 3.05) is 6.54 Å². The molecule has 0 saturated heterocycles. The summed E-state index contributed by atoms with van der Waals surface area (Å²) in [7, 11) is 0. The van der Waals surface area contributed by atoms with Crippen molar-refractivity contribution >= 4 is 28.4 Å². The molecule has 4 aromatic rings. The second-order valence-corrected chi connectivity index (χ2v) is 7.67. The van der Waals surface area contributed by atoms with Crippen molar-refractivity contribution in [1.29, 1.82) is 0 Å². The molecule has 0 unspecified atom stereocenters. The minimum Gasteiger partial charge on any atom is -0.356 e. The lowest BCUT2D eigenvalue weighted by molar-refractivity contribution is -0.121. The number of imidazole rings is 1. The van der Waals surface area contributed by atoms with E-state index in [4.69, 9.17) is 4.98 Å². The fourth-order valence-electron chi connectivity index (χ4n) is 3.26. The van der Waals surface area contributed by atoms with E-state index >= 15 is 0 Å². The molecule has 0 bridgehead atoms. The molecule has 0 aliphatic carbocycles. The molecule has 0 radical (unpaired) electrons. The number of amides is 1. The number of fused-ring (bicyclic) bond motifs is 1. The van der Waals surface area contributed by atoms with E-state index in [1.807, 2.05) is 47.0 Å². The molecular weight excluding hydrogens is 368 g/mol. The van der Waals surface area contributed by atoms with E-state index < -0.39 is 0 Å². The van der Waals surface area contributed by atoms with Crippen molar-refractivity contribution in [1.82, 2.24) is 19.9 Å². The van der Waals surface area contributed by atoms with Crippen LogP contribution in [0.15, 0.2) is 60.1 Å². The Bertz CT molecular complexity index is 1080. The predicted molar refractivity (Wildman–Crippen MR) is 113 cm³/mol. The van der Waals surface area contributed by atoms with Gasteiger partial charge in [0.1, 0.15) is 11.3 Å². The first-order chi connectivity index (χ1) is 13.7. The lowest BCUT2D eigenvalue weighted by atomic mass is 10.2. The number of benzene rings is 1. The van der Waals surface area contributed by atoms with Gasteiger partial charge in [0.15, 0.2) is 5.65 Å². The Morgan fingerprint density at radius 3 is 2.75 bits per heavy atom. The molecule has 0 atom stereocenters. The van der Waals surface area contributed by atoms with Crippen LogP contribution in [0, 0.1) is 6.92 Å². The summed E-state index contributed by atoms with van der Waals surface area (Å²) in [6, 6.07) is 16.0. The Labute approximate surface area is 168 Å². The normalized spacial score (nSPS) is 11.0. The van der Waals surface area contributed by atoms with E-state index in [-0.39, 0.29) is 5.91 Å².